The van der Waals surface area contributed by atoms with Crippen LogP contribution in [0.15, 0.2) is 60.7 Å². The van der Waals surface area contributed by atoms with Crippen molar-refractivity contribution < 1.29 is 4.74 Å². The summed E-state index contributed by atoms with van der Waals surface area (Å²) in [5.74, 6) is 2.27. The number of rotatable bonds is 6. The molecule has 0 saturated carbocycles. The maximum absolute atomic E-state index is 5.19. The highest BCUT2D eigenvalue weighted by Gasteiger charge is 2.11. The average Bonchev–Trinajstić information content (AvgIpc) is 2.63. The van der Waals surface area contributed by atoms with E-state index in [2.05, 4.69) is 34.3 Å². The van der Waals surface area contributed by atoms with E-state index in [-0.39, 0.29) is 0 Å². The van der Waals surface area contributed by atoms with Crippen molar-refractivity contribution in [2.24, 2.45) is 0 Å². The summed E-state index contributed by atoms with van der Waals surface area (Å²) in [5.41, 5.74) is 2.94. The van der Waals surface area contributed by atoms with Crippen LogP contribution in [0, 0.1) is 6.92 Å². The van der Waals surface area contributed by atoms with Crippen LogP contribution in [0.2, 0.25) is 0 Å². The molecule has 0 unspecified atom stereocenters. The van der Waals surface area contributed by atoms with Gasteiger partial charge in [0.2, 0.25) is 5.95 Å². The molecule has 5 heteroatoms. The number of aromatic nitrogens is 2. The number of methoxy groups -OCH3 is 1. The lowest BCUT2D eigenvalue weighted by Crippen LogP contribution is -2.18. The van der Waals surface area contributed by atoms with E-state index in [1.54, 1.807) is 7.11 Å². The van der Waals surface area contributed by atoms with Crippen molar-refractivity contribution in [3.8, 4) is 5.75 Å². The summed E-state index contributed by atoms with van der Waals surface area (Å²) >= 11 is 0. The molecule has 0 bridgehead atoms. The highest BCUT2D eigenvalue weighted by molar-refractivity contribution is 5.62. The highest BCUT2D eigenvalue weighted by Crippen LogP contribution is 2.25. The maximum atomic E-state index is 5.19. The van der Waals surface area contributed by atoms with Crippen LogP contribution in [0.5, 0.6) is 5.75 Å². The third-order valence-corrected chi connectivity index (χ3v) is 3.85. The molecule has 5 nitrogen and oxygen atoms in total. The Bertz CT molecular complexity index is 819. The molecule has 25 heavy (non-hydrogen) atoms. The van der Waals surface area contributed by atoms with Gasteiger partial charge in [0.05, 0.1) is 7.11 Å². The Morgan fingerprint density at radius 1 is 1.00 bits per heavy atom. The van der Waals surface area contributed by atoms with Crippen LogP contribution in [0.4, 0.5) is 23.1 Å². The third kappa shape index (κ3) is 4.07. The van der Waals surface area contributed by atoms with Crippen molar-refractivity contribution in [3.63, 3.8) is 0 Å². The maximum Gasteiger partial charge on any atom is 0.229 e. The summed E-state index contributed by atoms with van der Waals surface area (Å²) in [6.07, 6.45) is 0. The van der Waals surface area contributed by atoms with Gasteiger partial charge in [-0.1, -0.05) is 18.2 Å². The van der Waals surface area contributed by atoms with Crippen molar-refractivity contribution in [3.05, 3.63) is 66.4 Å². The number of hydrogen-bond acceptors (Lipinski definition) is 5. The number of hydrogen-bond donors (Lipinski definition) is 1. The summed E-state index contributed by atoms with van der Waals surface area (Å²) < 4.78 is 5.19. The molecule has 0 amide bonds. The van der Waals surface area contributed by atoms with Crippen molar-refractivity contribution in [2.75, 3.05) is 23.9 Å². The fraction of sp³-hybridized carbons (Fsp3) is 0.200. The molecule has 1 N–H and O–H groups in total. The summed E-state index contributed by atoms with van der Waals surface area (Å²) in [7, 11) is 1.65. The Balaban J connectivity index is 1.89. The molecule has 128 valence electrons. The standard InChI is InChI=1S/C20H22N4O/c1-4-24(17-8-6-5-7-9-17)19-14-15(2)21-20(23-19)22-16-10-12-18(25-3)13-11-16/h5-14H,4H2,1-3H3,(H,21,22,23). The fourth-order valence-corrected chi connectivity index (χ4v) is 2.63. The van der Waals surface area contributed by atoms with E-state index in [1.807, 2.05) is 55.5 Å². The zero-order valence-corrected chi connectivity index (χ0v) is 14.7. The first-order valence-corrected chi connectivity index (χ1v) is 8.29. The second-order valence-electron chi connectivity index (χ2n) is 5.62. The van der Waals surface area contributed by atoms with E-state index in [9.17, 15) is 0 Å². The normalized spacial score (nSPS) is 10.4. The highest BCUT2D eigenvalue weighted by atomic mass is 16.5. The van der Waals surface area contributed by atoms with Gasteiger partial charge < -0.3 is 15.0 Å². The lowest BCUT2D eigenvalue weighted by Gasteiger charge is -2.23. The van der Waals surface area contributed by atoms with Crippen LogP contribution < -0.4 is 15.0 Å². The van der Waals surface area contributed by atoms with Gasteiger partial charge in [-0.2, -0.15) is 4.98 Å². The van der Waals surface area contributed by atoms with Crippen LogP contribution >= 0.6 is 0 Å². The first-order chi connectivity index (χ1) is 12.2. The minimum Gasteiger partial charge on any atom is -0.497 e. The molecule has 0 aliphatic carbocycles. The average molecular weight is 334 g/mol. The Kier molecular flexibility index (Phi) is 5.14. The predicted octanol–water partition coefficient (Wildman–Crippen LogP) is 4.70. The van der Waals surface area contributed by atoms with Gasteiger partial charge in [-0.3, -0.25) is 0 Å². The molecule has 0 aliphatic rings. The molecule has 2 aromatic carbocycles. The molecule has 0 fully saturated rings. The van der Waals surface area contributed by atoms with E-state index in [4.69, 9.17) is 9.72 Å². The van der Waals surface area contributed by atoms with Gasteiger partial charge in [0.15, 0.2) is 0 Å². The largest absolute Gasteiger partial charge is 0.497 e. The van der Waals surface area contributed by atoms with Crippen LogP contribution in [0.25, 0.3) is 0 Å². The second-order valence-corrected chi connectivity index (χ2v) is 5.62. The zero-order valence-electron chi connectivity index (χ0n) is 14.7. The lowest BCUT2D eigenvalue weighted by atomic mass is 10.2. The van der Waals surface area contributed by atoms with Gasteiger partial charge in [0.1, 0.15) is 11.6 Å². The Morgan fingerprint density at radius 2 is 1.72 bits per heavy atom. The predicted molar refractivity (Wildman–Crippen MR) is 102 cm³/mol. The van der Waals surface area contributed by atoms with Crippen molar-refractivity contribution in [1.29, 1.82) is 0 Å². The molecular weight excluding hydrogens is 312 g/mol. The number of para-hydroxylation sites is 1. The number of nitrogens with one attached hydrogen (secondary N) is 1. The number of anilines is 4. The summed E-state index contributed by atoms with van der Waals surface area (Å²) in [4.78, 5) is 11.4. The van der Waals surface area contributed by atoms with Crippen molar-refractivity contribution >= 4 is 23.1 Å². The summed E-state index contributed by atoms with van der Waals surface area (Å²) in [6, 6.07) is 19.9. The summed E-state index contributed by atoms with van der Waals surface area (Å²) in [6.45, 7) is 4.91. The van der Waals surface area contributed by atoms with Crippen LogP contribution in [0.3, 0.4) is 0 Å². The first-order valence-electron chi connectivity index (χ1n) is 8.29. The smallest absolute Gasteiger partial charge is 0.229 e. The first kappa shape index (κ1) is 16.8. The minimum atomic E-state index is 0.578. The third-order valence-electron chi connectivity index (χ3n) is 3.85. The lowest BCUT2D eigenvalue weighted by molar-refractivity contribution is 0.415. The quantitative estimate of drug-likeness (QED) is 0.708. The molecular formula is C20H22N4O. The molecule has 3 aromatic rings. The van der Waals surface area contributed by atoms with Gasteiger partial charge in [-0.05, 0) is 50.2 Å². The topological polar surface area (TPSA) is 50.3 Å². The minimum absolute atomic E-state index is 0.578. The molecule has 1 heterocycles. The monoisotopic (exact) mass is 334 g/mol. The molecule has 3 rings (SSSR count). The van der Waals surface area contributed by atoms with Crippen LogP contribution in [0.1, 0.15) is 12.6 Å². The van der Waals surface area contributed by atoms with E-state index in [0.29, 0.717) is 5.95 Å². The number of benzene rings is 2. The Labute approximate surface area is 148 Å². The van der Waals surface area contributed by atoms with Crippen molar-refractivity contribution in [1.82, 2.24) is 9.97 Å². The molecule has 0 saturated heterocycles. The number of ether oxygens (including phenoxy) is 1. The fourth-order valence-electron chi connectivity index (χ4n) is 2.63. The van der Waals surface area contributed by atoms with E-state index >= 15 is 0 Å². The van der Waals surface area contributed by atoms with Gasteiger partial charge in [0.25, 0.3) is 0 Å². The molecule has 1 aromatic heterocycles. The SMILES string of the molecule is CCN(c1ccccc1)c1cc(C)nc(Nc2ccc(OC)cc2)n1. The van der Waals surface area contributed by atoms with E-state index < -0.39 is 0 Å². The number of nitrogens with zero attached hydrogens (tertiary/aromatic N) is 3. The van der Waals surface area contributed by atoms with Crippen molar-refractivity contribution in [2.45, 2.75) is 13.8 Å². The van der Waals surface area contributed by atoms with Crippen LogP contribution in [-0.4, -0.2) is 23.6 Å². The molecule has 0 radical (unpaired) electrons. The van der Waals surface area contributed by atoms with Gasteiger partial charge >= 0.3 is 0 Å². The Hall–Kier alpha value is -3.08. The van der Waals surface area contributed by atoms with Crippen LogP contribution in [-0.2, 0) is 0 Å². The van der Waals surface area contributed by atoms with Gasteiger partial charge in [-0.25, -0.2) is 4.98 Å². The van der Waals surface area contributed by atoms with E-state index in [1.165, 1.54) is 0 Å². The second kappa shape index (κ2) is 7.66. The van der Waals surface area contributed by atoms with Gasteiger partial charge in [-0.15, -0.1) is 0 Å². The van der Waals surface area contributed by atoms with E-state index in [0.717, 1.165) is 35.2 Å². The van der Waals surface area contributed by atoms with Gasteiger partial charge in [0, 0.05) is 29.7 Å². The zero-order chi connectivity index (χ0) is 17.6. The molecule has 0 spiro atoms. The Morgan fingerprint density at radius 3 is 2.36 bits per heavy atom. The molecule has 0 aliphatic heterocycles. The number of aryl methyl sites for hydroxylation is 1. The summed E-state index contributed by atoms with van der Waals surface area (Å²) in [5, 5.41) is 3.26. The molecule has 0 atom stereocenters.